The number of pyridine rings is 1. The summed E-state index contributed by atoms with van der Waals surface area (Å²) in [6.45, 7) is 0.358. The summed E-state index contributed by atoms with van der Waals surface area (Å²) in [6.07, 6.45) is 4.93. The van der Waals surface area contributed by atoms with Crippen molar-refractivity contribution in [2.75, 3.05) is 0 Å². The first-order valence-electron chi connectivity index (χ1n) is 8.90. The Balaban J connectivity index is 0.00000180. The van der Waals surface area contributed by atoms with Crippen LogP contribution in [-0.4, -0.2) is 5.78 Å². The molecule has 1 aromatic heterocycles. The first-order chi connectivity index (χ1) is 12.8. The molecule has 1 heterocycles. The summed E-state index contributed by atoms with van der Waals surface area (Å²) in [7, 11) is 0. The molecule has 0 spiro atoms. The molecule has 0 bridgehead atoms. The topological polar surface area (TPSA) is 20.9 Å². The number of carbonyl (C=O) groups excluding carboxylic acids is 1. The molecule has 4 aromatic rings. The molecule has 27 heavy (non-hydrogen) atoms. The maximum atomic E-state index is 12.8. The van der Waals surface area contributed by atoms with Crippen molar-refractivity contribution in [2.45, 2.75) is 13.0 Å². The van der Waals surface area contributed by atoms with Gasteiger partial charge in [0.15, 0.2) is 12.4 Å². The lowest BCUT2D eigenvalue weighted by atomic mass is 10.0. The number of ketones is 1. The summed E-state index contributed by atoms with van der Waals surface area (Å²) >= 11 is 0. The van der Waals surface area contributed by atoms with Gasteiger partial charge in [0.05, 0.1) is 0 Å². The van der Waals surface area contributed by atoms with Crippen LogP contribution in [-0.2, 0) is 13.0 Å². The number of nitrogens with zero attached hydrogens (tertiary/aromatic N) is 1. The van der Waals surface area contributed by atoms with E-state index < -0.39 is 0 Å². The third-order valence-corrected chi connectivity index (χ3v) is 5.19. The maximum Gasteiger partial charge on any atom is 0.227 e. The molecular weight excluding hydrogens is 398 g/mol. The van der Waals surface area contributed by atoms with E-state index in [1.807, 2.05) is 35.2 Å². The van der Waals surface area contributed by atoms with Crippen molar-refractivity contribution in [1.82, 2.24) is 0 Å². The SMILES string of the molecule is O=C(C[n+]1ccc2ccccc2c1)c1ccc2c(c1)Cc1ccccc1-2.[Br-]. The van der Waals surface area contributed by atoms with Gasteiger partial charge in [0.1, 0.15) is 0 Å². The van der Waals surface area contributed by atoms with Gasteiger partial charge in [0, 0.05) is 17.0 Å². The molecule has 0 fully saturated rings. The molecule has 3 aromatic carbocycles. The molecule has 5 rings (SSSR count). The van der Waals surface area contributed by atoms with Gasteiger partial charge in [0.25, 0.3) is 0 Å². The van der Waals surface area contributed by atoms with E-state index >= 15 is 0 Å². The number of rotatable bonds is 3. The number of carbonyl (C=O) groups is 1. The minimum Gasteiger partial charge on any atom is -1.00 e. The van der Waals surface area contributed by atoms with Crippen LogP contribution in [0.25, 0.3) is 21.9 Å². The molecule has 0 amide bonds. The Hall–Kier alpha value is -2.78. The summed E-state index contributed by atoms with van der Waals surface area (Å²) in [4.78, 5) is 12.8. The monoisotopic (exact) mass is 415 g/mol. The maximum absolute atomic E-state index is 12.8. The number of benzene rings is 3. The highest BCUT2D eigenvalue weighted by atomic mass is 79.9. The Morgan fingerprint density at radius 2 is 1.56 bits per heavy atom. The van der Waals surface area contributed by atoms with Gasteiger partial charge in [-0.2, -0.15) is 4.57 Å². The fraction of sp³-hybridized carbons (Fsp3) is 0.0833. The summed E-state index contributed by atoms with van der Waals surface area (Å²) in [5.74, 6) is 0.143. The largest absolute Gasteiger partial charge is 1.00 e. The van der Waals surface area contributed by atoms with Gasteiger partial charge < -0.3 is 17.0 Å². The fourth-order valence-corrected chi connectivity index (χ4v) is 3.85. The molecule has 2 nitrogen and oxygen atoms in total. The van der Waals surface area contributed by atoms with Crippen molar-refractivity contribution in [3.63, 3.8) is 0 Å². The Morgan fingerprint density at radius 1 is 0.815 bits per heavy atom. The molecule has 3 heteroatoms. The minimum absolute atomic E-state index is 0. The van der Waals surface area contributed by atoms with Gasteiger partial charge >= 0.3 is 0 Å². The summed E-state index contributed by atoms with van der Waals surface area (Å²) in [5, 5.41) is 2.33. The molecular formula is C24H18BrNO. The van der Waals surface area contributed by atoms with Crippen LogP contribution in [0.3, 0.4) is 0 Å². The Morgan fingerprint density at radius 3 is 2.44 bits per heavy atom. The summed E-state index contributed by atoms with van der Waals surface area (Å²) < 4.78 is 1.96. The molecule has 0 atom stereocenters. The number of hydrogen-bond donors (Lipinski definition) is 0. The average molecular weight is 416 g/mol. The molecule has 132 valence electrons. The van der Waals surface area contributed by atoms with Crippen molar-refractivity contribution < 1.29 is 26.3 Å². The van der Waals surface area contributed by atoms with Gasteiger partial charge in [-0.15, -0.1) is 0 Å². The van der Waals surface area contributed by atoms with E-state index in [0.29, 0.717) is 6.54 Å². The lowest BCUT2D eigenvalue weighted by molar-refractivity contribution is -0.681. The molecule has 0 saturated heterocycles. The van der Waals surface area contributed by atoms with Crippen molar-refractivity contribution in [3.05, 3.63) is 102 Å². The zero-order valence-corrected chi connectivity index (χ0v) is 16.3. The van der Waals surface area contributed by atoms with Crippen LogP contribution in [0.5, 0.6) is 0 Å². The third kappa shape index (κ3) is 3.19. The average Bonchev–Trinajstić information content (AvgIpc) is 3.05. The zero-order valence-electron chi connectivity index (χ0n) is 14.7. The summed E-state index contributed by atoms with van der Waals surface area (Å²) in [5.41, 5.74) is 5.94. The highest BCUT2D eigenvalue weighted by molar-refractivity contribution is 5.96. The number of fused-ring (bicyclic) bond motifs is 4. The predicted molar refractivity (Wildman–Crippen MR) is 103 cm³/mol. The van der Waals surface area contributed by atoms with Gasteiger partial charge in [-0.1, -0.05) is 54.6 Å². The van der Waals surface area contributed by atoms with Gasteiger partial charge in [-0.3, -0.25) is 4.79 Å². The smallest absolute Gasteiger partial charge is 0.227 e. The normalized spacial score (nSPS) is 11.6. The van der Waals surface area contributed by atoms with Crippen molar-refractivity contribution in [3.8, 4) is 11.1 Å². The van der Waals surface area contributed by atoms with Crippen LogP contribution in [0.2, 0.25) is 0 Å². The van der Waals surface area contributed by atoms with Crippen LogP contribution < -0.4 is 21.5 Å². The van der Waals surface area contributed by atoms with Crippen LogP contribution in [0.1, 0.15) is 21.5 Å². The molecule has 1 aliphatic carbocycles. The van der Waals surface area contributed by atoms with E-state index in [1.165, 1.54) is 27.6 Å². The zero-order chi connectivity index (χ0) is 17.5. The Kier molecular flexibility index (Phi) is 4.63. The second-order valence-electron chi connectivity index (χ2n) is 6.88. The fourth-order valence-electron chi connectivity index (χ4n) is 3.85. The Bertz CT molecular complexity index is 1170. The quantitative estimate of drug-likeness (QED) is 0.323. The van der Waals surface area contributed by atoms with Gasteiger partial charge in [-0.05, 0) is 46.2 Å². The lowest BCUT2D eigenvalue weighted by Gasteiger charge is -2.04. The predicted octanol–water partition coefficient (Wildman–Crippen LogP) is 1.59. The molecule has 0 saturated carbocycles. The number of hydrogen-bond acceptors (Lipinski definition) is 1. The van der Waals surface area contributed by atoms with Crippen molar-refractivity contribution >= 4 is 16.6 Å². The van der Waals surface area contributed by atoms with E-state index in [0.717, 1.165) is 17.4 Å². The van der Waals surface area contributed by atoms with Crippen LogP contribution >= 0.6 is 0 Å². The minimum atomic E-state index is 0. The van der Waals surface area contributed by atoms with E-state index in [2.05, 4.69) is 54.6 Å². The van der Waals surface area contributed by atoms with Gasteiger partial charge in [-0.25, -0.2) is 0 Å². The van der Waals surface area contributed by atoms with E-state index in [4.69, 9.17) is 0 Å². The van der Waals surface area contributed by atoms with Crippen molar-refractivity contribution in [1.29, 1.82) is 0 Å². The standard InChI is InChI=1S/C24H18NO.BrH/c26-24(16-25-12-11-17-5-1-2-7-20(17)15-25)19-9-10-23-21(14-19)13-18-6-3-4-8-22(18)23;/h1-12,14-15H,13,16H2;1H/q+1;/p-1. The van der Waals surface area contributed by atoms with Gasteiger partial charge in [0.2, 0.25) is 12.3 Å². The molecule has 0 N–H and O–H groups in total. The van der Waals surface area contributed by atoms with Crippen LogP contribution in [0.15, 0.2) is 85.2 Å². The number of Topliss-reactive ketones (excluding diaryl/α,β-unsaturated/α-hetero) is 1. The van der Waals surface area contributed by atoms with Crippen LogP contribution in [0, 0.1) is 0 Å². The summed E-state index contributed by atoms with van der Waals surface area (Å²) in [6, 6.07) is 24.9. The first-order valence-corrected chi connectivity index (χ1v) is 8.90. The second-order valence-corrected chi connectivity index (χ2v) is 6.88. The van der Waals surface area contributed by atoms with Crippen LogP contribution in [0.4, 0.5) is 0 Å². The first kappa shape index (κ1) is 17.6. The molecule has 0 aliphatic heterocycles. The second kappa shape index (κ2) is 7.09. The Labute approximate surface area is 168 Å². The number of aromatic nitrogens is 1. The lowest BCUT2D eigenvalue weighted by Crippen LogP contribution is -3.00. The molecule has 0 radical (unpaired) electrons. The van der Waals surface area contributed by atoms with Crippen molar-refractivity contribution in [2.24, 2.45) is 0 Å². The third-order valence-electron chi connectivity index (χ3n) is 5.19. The molecule has 0 unspecified atom stereocenters. The number of halogens is 1. The highest BCUT2D eigenvalue weighted by Gasteiger charge is 2.20. The van der Waals surface area contributed by atoms with E-state index in [-0.39, 0.29) is 22.8 Å². The van der Waals surface area contributed by atoms with E-state index in [9.17, 15) is 4.79 Å². The highest BCUT2D eigenvalue weighted by Crippen LogP contribution is 2.36. The van der Waals surface area contributed by atoms with E-state index in [1.54, 1.807) is 0 Å². The molecule has 1 aliphatic rings.